The van der Waals surface area contributed by atoms with Crippen LogP contribution in [0.5, 0.6) is 0 Å². The summed E-state index contributed by atoms with van der Waals surface area (Å²) in [5.41, 5.74) is 2.19. The highest BCUT2D eigenvalue weighted by molar-refractivity contribution is 5.80. The molecule has 2 fully saturated rings. The molecule has 0 spiro atoms. The number of hydrogen-bond donors (Lipinski definition) is 0. The summed E-state index contributed by atoms with van der Waals surface area (Å²) in [5.74, 6) is 0.144. The Labute approximate surface area is 177 Å². The van der Waals surface area contributed by atoms with Crippen molar-refractivity contribution >= 4 is 5.91 Å². The van der Waals surface area contributed by atoms with Crippen LogP contribution in [-0.4, -0.2) is 55.6 Å². The Morgan fingerprint density at radius 1 is 0.900 bits per heavy atom. The minimum absolute atomic E-state index is 0.00116. The maximum absolute atomic E-state index is 12.7. The smallest absolute Gasteiger partial charge is 0.223 e. The van der Waals surface area contributed by atoms with Gasteiger partial charge in [-0.15, -0.1) is 0 Å². The molecule has 4 rings (SSSR count). The molecule has 2 aliphatic rings. The molecule has 2 aromatic rings. The molecule has 0 aliphatic carbocycles. The molecule has 0 bridgehead atoms. The molecule has 160 valence electrons. The first-order valence-electron chi connectivity index (χ1n) is 10.5. The lowest BCUT2D eigenvalue weighted by Gasteiger charge is -2.27. The van der Waals surface area contributed by atoms with Crippen molar-refractivity contribution in [3.63, 3.8) is 0 Å². The zero-order valence-electron chi connectivity index (χ0n) is 17.3. The van der Waals surface area contributed by atoms with Crippen LogP contribution < -0.4 is 0 Å². The maximum Gasteiger partial charge on any atom is 0.223 e. The third-order valence-corrected chi connectivity index (χ3v) is 5.80. The van der Waals surface area contributed by atoms with Crippen molar-refractivity contribution in [2.75, 3.05) is 20.5 Å². The highest BCUT2D eigenvalue weighted by Gasteiger charge is 2.55. The fourth-order valence-corrected chi connectivity index (χ4v) is 4.45. The van der Waals surface area contributed by atoms with Gasteiger partial charge in [0, 0.05) is 13.5 Å². The molecule has 2 aliphatic heterocycles. The Morgan fingerprint density at radius 3 is 2.23 bits per heavy atom. The van der Waals surface area contributed by atoms with Crippen molar-refractivity contribution in [2.24, 2.45) is 0 Å². The van der Waals surface area contributed by atoms with E-state index >= 15 is 0 Å². The van der Waals surface area contributed by atoms with E-state index in [2.05, 4.69) is 0 Å². The van der Waals surface area contributed by atoms with Crippen LogP contribution in [0.25, 0.3) is 0 Å². The van der Waals surface area contributed by atoms with E-state index in [9.17, 15) is 4.79 Å². The summed E-state index contributed by atoms with van der Waals surface area (Å²) in [6.07, 6.45) is 0.807. The van der Waals surface area contributed by atoms with Gasteiger partial charge in [-0.05, 0) is 17.5 Å². The number of amides is 1. The number of carbonyl (C=O) groups excluding carboxylic acids is 1. The Morgan fingerprint density at radius 2 is 1.57 bits per heavy atom. The molecular formula is C24H29NO5. The third kappa shape index (κ3) is 4.73. The quantitative estimate of drug-likeness (QED) is 0.562. The van der Waals surface area contributed by atoms with Crippen molar-refractivity contribution in [3.8, 4) is 0 Å². The molecule has 4 atom stereocenters. The molecule has 2 saturated heterocycles. The normalized spacial score (nSPS) is 25.6. The summed E-state index contributed by atoms with van der Waals surface area (Å²) in [6, 6.07) is 19.9. The number of fused-ring (bicyclic) bond motifs is 1. The summed E-state index contributed by atoms with van der Waals surface area (Å²) >= 11 is 0. The molecule has 2 aromatic carbocycles. The van der Waals surface area contributed by atoms with Gasteiger partial charge in [0.05, 0.1) is 31.9 Å². The van der Waals surface area contributed by atoms with Crippen LogP contribution in [-0.2, 0) is 37.0 Å². The summed E-state index contributed by atoms with van der Waals surface area (Å²) in [7, 11) is 1.60. The second-order valence-electron chi connectivity index (χ2n) is 7.77. The van der Waals surface area contributed by atoms with E-state index < -0.39 is 0 Å². The van der Waals surface area contributed by atoms with Crippen LogP contribution >= 0.6 is 0 Å². The van der Waals surface area contributed by atoms with Crippen LogP contribution in [0.4, 0.5) is 0 Å². The predicted molar refractivity (Wildman–Crippen MR) is 112 cm³/mol. The molecule has 2 heterocycles. The summed E-state index contributed by atoms with van der Waals surface area (Å²) in [6.45, 7) is 1.54. The Balaban J connectivity index is 1.48. The molecule has 0 N–H and O–H groups in total. The zero-order chi connectivity index (χ0) is 20.8. The Hall–Kier alpha value is -2.25. The standard InChI is InChI=1S/C24H29NO5/c1-27-17-30-23-20-12-13-22(26)25(20)21(16-28-14-18-8-4-2-5-9-18)24(23)29-15-19-10-6-3-7-11-19/h2-11,20-21,23-24H,12-17H2,1H3/t20-,21-,23-,24-/m1/s1. The minimum atomic E-state index is -0.273. The predicted octanol–water partition coefficient (Wildman–Crippen LogP) is 3.15. The monoisotopic (exact) mass is 411 g/mol. The molecule has 6 heteroatoms. The van der Waals surface area contributed by atoms with E-state index in [4.69, 9.17) is 18.9 Å². The van der Waals surface area contributed by atoms with Crippen LogP contribution in [0.3, 0.4) is 0 Å². The third-order valence-electron chi connectivity index (χ3n) is 5.80. The fourth-order valence-electron chi connectivity index (χ4n) is 4.45. The van der Waals surface area contributed by atoms with Gasteiger partial charge in [-0.3, -0.25) is 4.79 Å². The highest BCUT2D eigenvalue weighted by Crippen LogP contribution is 2.38. The SMILES string of the molecule is COCO[C@H]1[C@H](OCc2ccccc2)[C@@H](COCc2ccccc2)N2C(=O)CC[C@H]12. The fraction of sp³-hybridized carbons (Fsp3) is 0.458. The lowest BCUT2D eigenvalue weighted by molar-refractivity contribution is -0.134. The van der Waals surface area contributed by atoms with E-state index in [1.54, 1.807) is 7.11 Å². The van der Waals surface area contributed by atoms with Gasteiger partial charge in [0.25, 0.3) is 0 Å². The van der Waals surface area contributed by atoms with E-state index in [1.807, 2.05) is 65.6 Å². The number of nitrogens with zero attached hydrogens (tertiary/aromatic N) is 1. The number of carbonyl (C=O) groups is 1. The van der Waals surface area contributed by atoms with Crippen LogP contribution in [0, 0.1) is 0 Å². The van der Waals surface area contributed by atoms with Crippen molar-refractivity contribution in [2.45, 2.75) is 50.3 Å². The molecular weight excluding hydrogens is 382 g/mol. The van der Waals surface area contributed by atoms with Gasteiger partial charge >= 0.3 is 0 Å². The van der Waals surface area contributed by atoms with Crippen molar-refractivity contribution in [3.05, 3.63) is 71.8 Å². The van der Waals surface area contributed by atoms with Crippen molar-refractivity contribution in [1.82, 2.24) is 4.90 Å². The number of hydrogen-bond acceptors (Lipinski definition) is 5. The van der Waals surface area contributed by atoms with Gasteiger partial charge in [0.2, 0.25) is 5.91 Å². The first-order chi connectivity index (χ1) is 14.8. The van der Waals surface area contributed by atoms with E-state index in [0.717, 1.165) is 17.5 Å². The number of ether oxygens (including phenoxy) is 4. The molecule has 6 nitrogen and oxygen atoms in total. The van der Waals surface area contributed by atoms with Gasteiger partial charge < -0.3 is 23.8 Å². The van der Waals surface area contributed by atoms with Crippen molar-refractivity contribution in [1.29, 1.82) is 0 Å². The van der Waals surface area contributed by atoms with Crippen LogP contribution in [0.1, 0.15) is 24.0 Å². The number of benzene rings is 2. The van der Waals surface area contributed by atoms with E-state index in [1.165, 1.54) is 0 Å². The van der Waals surface area contributed by atoms with Gasteiger partial charge in [0.1, 0.15) is 19.0 Å². The molecule has 1 amide bonds. The molecule has 0 aromatic heterocycles. The Kier molecular flexibility index (Phi) is 7.12. The van der Waals surface area contributed by atoms with Crippen LogP contribution in [0.15, 0.2) is 60.7 Å². The highest BCUT2D eigenvalue weighted by atomic mass is 16.7. The largest absolute Gasteiger partial charge is 0.375 e. The van der Waals surface area contributed by atoms with Gasteiger partial charge in [-0.25, -0.2) is 0 Å². The van der Waals surface area contributed by atoms with E-state index in [-0.39, 0.29) is 37.0 Å². The summed E-state index contributed by atoms with van der Waals surface area (Å²) < 4.78 is 23.5. The lowest BCUT2D eigenvalue weighted by Crippen LogP contribution is -2.43. The van der Waals surface area contributed by atoms with Crippen molar-refractivity contribution < 1.29 is 23.7 Å². The minimum Gasteiger partial charge on any atom is -0.375 e. The molecule has 30 heavy (non-hydrogen) atoms. The zero-order valence-corrected chi connectivity index (χ0v) is 17.3. The van der Waals surface area contributed by atoms with Crippen LogP contribution in [0.2, 0.25) is 0 Å². The number of methoxy groups -OCH3 is 1. The maximum atomic E-state index is 12.7. The average molecular weight is 411 g/mol. The van der Waals surface area contributed by atoms with Gasteiger partial charge in [0.15, 0.2) is 0 Å². The Bertz CT molecular complexity index is 800. The molecule has 0 radical (unpaired) electrons. The second kappa shape index (κ2) is 10.2. The lowest BCUT2D eigenvalue weighted by atomic mass is 10.0. The van der Waals surface area contributed by atoms with Gasteiger partial charge in [-0.2, -0.15) is 0 Å². The average Bonchev–Trinajstić information content (AvgIpc) is 3.30. The first kappa shape index (κ1) is 21.0. The second-order valence-corrected chi connectivity index (χ2v) is 7.77. The topological polar surface area (TPSA) is 57.2 Å². The first-order valence-corrected chi connectivity index (χ1v) is 10.5. The summed E-state index contributed by atoms with van der Waals surface area (Å²) in [4.78, 5) is 14.6. The molecule has 0 unspecified atom stereocenters. The molecule has 0 saturated carbocycles. The van der Waals surface area contributed by atoms with Gasteiger partial charge in [-0.1, -0.05) is 60.7 Å². The number of rotatable bonds is 10. The van der Waals surface area contributed by atoms with E-state index in [0.29, 0.717) is 26.2 Å². The summed E-state index contributed by atoms with van der Waals surface area (Å²) in [5, 5.41) is 0.